The van der Waals surface area contributed by atoms with Gasteiger partial charge < -0.3 is 9.64 Å². The van der Waals surface area contributed by atoms with Crippen LogP contribution >= 0.6 is 0 Å². The number of nitrogens with zero attached hydrogens (tertiary/aromatic N) is 3. The lowest BCUT2D eigenvalue weighted by atomic mass is 10.1. The minimum absolute atomic E-state index is 0.0332. The molecule has 3 aromatic rings. The van der Waals surface area contributed by atoms with Crippen molar-refractivity contribution in [3.63, 3.8) is 0 Å². The number of fused-ring (bicyclic) bond motifs is 1. The third-order valence-electron chi connectivity index (χ3n) is 4.95. The van der Waals surface area contributed by atoms with E-state index in [9.17, 15) is 9.59 Å². The Morgan fingerprint density at radius 1 is 1.00 bits per heavy atom. The largest absolute Gasteiger partial charge is 0.372 e. The zero-order valence-electron chi connectivity index (χ0n) is 16.0. The summed E-state index contributed by atoms with van der Waals surface area (Å²) in [6, 6.07) is 16.8. The van der Waals surface area contributed by atoms with Gasteiger partial charge in [0.2, 0.25) is 0 Å². The van der Waals surface area contributed by atoms with Crippen molar-refractivity contribution in [1.82, 2.24) is 14.7 Å². The summed E-state index contributed by atoms with van der Waals surface area (Å²) >= 11 is 0. The number of hydrogen-bond acceptors (Lipinski definition) is 4. The molecule has 1 saturated heterocycles. The van der Waals surface area contributed by atoms with Gasteiger partial charge in [0.15, 0.2) is 5.69 Å². The Morgan fingerprint density at radius 2 is 1.61 bits per heavy atom. The molecule has 0 unspecified atom stereocenters. The average Bonchev–Trinajstić information content (AvgIpc) is 2.70. The second kappa shape index (κ2) is 7.56. The molecule has 1 aliphatic rings. The zero-order valence-corrected chi connectivity index (χ0v) is 16.0. The van der Waals surface area contributed by atoms with E-state index in [0.717, 1.165) is 5.56 Å². The lowest BCUT2D eigenvalue weighted by molar-refractivity contribution is -0.0587. The maximum atomic E-state index is 13.3. The molecule has 0 aliphatic carbocycles. The Balaban J connectivity index is 1.80. The molecular weight excluding hydrogens is 354 g/mol. The molecule has 144 valence electrons. The number of rotatable bonds is 3. The van der Waals surface area contributed by atoms with Gasteiger partial charge in [-0.2, -0.15) is 5.10 Å². The summed E-state index contributed by atoms with van der Waals surface area (Å²) in [5, 5.41) is 5.59. The zero-order chi connectivity index (χ0) is 19.7. The van der Waals surface area contributed by atoms with Crippen LogP contribution in [0.15, 0.2) is 59.4 Å². The van der Waals surface area contributed by atoms with Gasteiger partial charge >= 0.3 is 0 Å². The fraction of sp³-hybridized carbons (Fsp3) is 0.318. The minimum Gasteiger partial charge on any atom is -0.372 e. The van der Waals surface area contributed by atoms with Crippen LogP contribution in [0.25, 0.3) is 10.8 Å². The highest BCUT2D eigenvalue weighted by Crippen LogP contribution is 2.19. The second-order valence-electron chi connectivity index (χ2n) is 7.31. The highest BCUT2D eigenvalue weighted by atomic mass is 16.5. The summed E-state index contributed by atoms with van der Waals surface area (Å²) in [4.78, 5) is 28.0. The normalized spacial score (nSPS) is 19.7. The average molecular weight is 377 g/mol. The predicted octanol–water partition coefficient (Wildman–Crippen LogP) is 2.69. The van der Waals surface area contributed by atoms with Crippen molar-refractivity contribution in [2.75, 3.05) is 13.1 Å². The van der Waals surface area contributed by atoms with Crippen LogP contribution in [0.3, 0.4) is 0 Å². The predicted molar refractivity (Wildman–Crippen MR) is 107 cm³/mol. The van der Waals surface area contributed by atoms with Crippen molar-refractivity contribution < 1.29 is 9.53 Å². The molecule has 1 amide bonds. The number of aromatic nitrogens is 2. The van der Waals surface area contributed by atoms with Crippen LogP contribution in [0.5, 0.6) is 0 Å². The van der Waals surface area contributed by atoms with Crippen molar-refractivity contribution >= 4 is 16.7 Å². The summed E-state index contributed by atoms with van der Waals surface area (Å²) in [6.45, 7) is 5.25. The van der Waals surface area contributed by atoms with Crippen LogP contribution in [0.4, 0.5) is 0 Å². The third-order valence-corrected chi connectivity index (χ3v) is 4.95. The number of ether oxygens (including phenoxy) is 1. The van der Waals surface area contributed by atoms with E-state index in [1.807, 2.05) is 56.3 Å². The van der Waals surface area contributed by atoms with Crippen LogP contribution in [-0.2, 0) is 11.3 Å². The molecule has 0 saturated carbocycles. The van der Waals surface area contributed by atoms with Gasteiger partial charge in [-0.15, -0.1) is 0 Å². The molecule has 28 heavy (non-hydrogen) atoms. The first-order valence-electron chi connectivity index (χ1n) is 9.51. The lowest BCUT2D eigenvalue weighted by Gasteiger charge is -2.35. The Morgan fingerprint density at radius 3 is 2.29 bits per heavy atom. The summed E-state index contributed by atoms with van der Waals surface area (Å²) in [6.07, 6.45) is -0.0663. The SMILES string of the molecule is C[C@H]1CN(C(=O)c2nn(Cc3ccccc3)c(=O)c3ccccc23)C[C@H](C)O1. The molecule has 1 aromatic heterocycles. The molecule has 6 nitrogen and oxygen atoms in total. The van der Waals surface area contributed by atoms with E-state index in [2.05, 4.69) is 5.10 Å². The van der Waals surface area contributed by atoms with Crippen molar-refractivity contribution in [3.05, 3.63) is 76.2 Å². The Bertz CT molecular complexity index is 1050. The fourth-order valence-electron chi connectivity index (χ4n) is 3.75. The van der Waals surface area contributed by atoms with Crippen molar-refractivity contribution in [2.24, 2.45) is 0 Å². The van der Waals surface area contributed by atoms with E-state index in [-0.39, 0.29) is 23.7 Å². The van der Waals surface area contributed by atoms with Crippen LogP contribution in [0.2, 0.25) is 0 Å². The molecule has 2 heterocycles. The molecule has 1 fully saturated rings. The van der Waals surface area contributed by atoms with Crippen molar-refractivity contribution in [3.8, 4) is 0 Å². The van der Waals surface area contributed by atoms with Crippen LogP contribution < -0.4 is 5.56 Å². The maximum Gasteiger partial charge on any atom is 0.275 e. The molecule has 0 N–H and O–H groups in total. The van der Waals surface area contributed by atoms with Gasteiger partial charge in [0.05, 0.1) is 24.1 Å². The Labute approximate surface area is 163 Å². The monoisotopic (exact) mass is 377 g/mol. The van der Waals surface area contributed by atoms with Gasteiger partial charge in [-0.3, -0.25) is 9.59 Å². The summed E-state index contributed by atoms with van der Waals surface area (Å²) < 4.78 is 7.13. The Kier molecular flexibility index (Phi) is 4.96. The maximum absolute atomic E-state index is 13.3. The van der Waals surface area contributed by atoms with E-state index in [4.69, 9.17) is 4.74 Å². The molecule has 2 aromatic carbocycles. The van der Waals surface area contributed by atoms with Gasteiger partial charge in [-0.25, -0.2) is 4.68 Å². The molecule has 6 heteroatoms. The van der Waals surface area contributed by atoms with Gasteiger partial charge in [0, 0.05) is 18.5 Å². The van der Waals surface area contributed by atoms with E-state index >= 15 is 0 Å². The van der Waals surface area contributed by atoms with E-state index in [1.54, 1.807) is 17.0 Å². The quantitative estimate of drug-likeness (QED) is 0.704. The number of morpholine rings is 1. The minimum atomic E-state index is -0.195. The molecule has 4 rings (SSSR count). The van der Waals surface area contributed by atoms with Gasteiger partial charge in [-0.1, -0.05) is 48.5 Å². The van der Waals surface area contributed by atoms with E-state index in [1.165, 1.54) is 4.68 Å². The molecule has 0 spiro atoms. The standard InChI is InChI=1S/C22H23N3O3/c1-15-12-24(13-16(2)28-15)22(27)20-18-10-6-7-11-19(18)21(26)25(23-20)14-17-8-4-3-5-9-17/h3-11,15-16H,12-14H2,1-2H3/t15-,16-/m0/s1. The molecule has 1 aliphatic heterocycles. The number of amides is 1. The Hall–Kier alpha value is -2.99. The lowest BCUT2D eigenvalue weighted by Crippen LogP contribution is -2.48. The summed E-state index contributed by atoms with van der Waals surface area (Å²) in [7, 11) is 0. The van der Waals surface area contributed by atoms with Gasteiger partial charge in [0.1, 0.15) is 0 Å². The van der Waals surface area contributed by atoms with E-state index < -0.39 is 0 Å². The first-order chi connectivity index (χ1) is 13.5. The first-order valence-corrected chi connectivity index (χ1v) is 9.51. The van der Waals surface area contributed by atoms with Gasteiger partial charge in [-0.05, 0) is 25.5 Å². The topological polar surface area (TPSA) is 64.4 Å². The first kappa shape index (κ1) is 18.4. The number of benzene rings is 2. The summed E-state index contributed by atoms with van der Waals surface area (Å²) in [5.41, 5.74) is 1.08. The van der Waals surface area contributed by atoms with E-state index in [0.29, 0.717) is 36.1 Å². The van der Waals surface area contributed by atoms with Crippen LogP contribution in [0, 0.1) is 0 Å². The fourth-order valence-corrected chi connectivity index (χ4v) is 3.75. The van der Waals surface area contributed by atoms with Crippen LogP contribution in [-0.4, -0.2) is 45.9 Å². The number of carbonyl (C=O) groups is 1. The van der Waals surface area contributed by atoms with Gasteiger partial charge in [0.25, 0.3) is 11.5 Å². The molecular formula is C22H23N3O3. The molecule has 0 radical (unpaired) electrons. The molecule has 2 atom stereocenters. The highest BCUT2D eigenvalue weighted by Gasteiger charge is 2.29. The van der Waals surface area contributed by atoms with Crippen molar-refractivity contribution in [1.29, 1.82) is 0 Å². The van der Waals surface area contributed by atoms with Crippen molar-refractivity contribution in [2.45, 2.75) is 32.6 Å². The molecule has 0 bridgehead atoms. The van der Waals surface area contributed by atoms with Crippen LogP contribution in [0.1, 0.15) is 29.9 Å². The second-order valence-corrected chi connectivity index (χ2v) is 7.31. The number of carbonyl (C=O) groups excluding carboxylic acids is 1. The smallest absolute Gasteiger partial charge is 0.275 e. The summed E-state index contributed by atoms with van der Waals surface area (Å²) in [5.74, 6) is -0.167. The third kappa shape index (κ3) is 3.55. The highest BCUT2D eigenvalue weighted by molar-refractivity contribution is 6.04. The number of hydrogen-bond donors (Lipinski definition) is 0.